The van der Waals surface area contributed by atoms with Crippen LogP contribution in [-0.2, 0) is 11.3 Å². The lowest BCUT2D eigenvalue weighted by molar-refractivity contribution is -0.673. The molecule has 1 heterocycles. The van der Waals surface area contributed by atoms with E-state index >= 15 is 0 Å². The summed E-state index contributed by atoms with van der Waals surface area (Å²) in [6.45, 7) is 6.11. The van der Waals surface area contributed by atoms with Gasteiger partial charge in [-0.05, 0) is 48.7 Å². The first-order chi connectivity index (χ1) is 16.2. The number of aryl methyl sites for hydroxylation is 1. The van der Waals surface area contributed by atoms with Gasteiger partial charge in [0.15, 0.2) is 0 Å². The number of fused-ring (bicyclic) bond motifs is 1. The van der Waals surface area contributed by atoms with E-state index in [4.69, 9.17) is 10.5 Å². The van der Waals surface area contributed by atoms with Crippen LogP contribution in [0.25, 0.3) is 23.1 Å². The first-order valence-electron chi connectivity index (χ1n) is 11.6. The summed E-state index contributed by atoms with van der Waals surface area (Å²) in [5.74, 6) is 0.923. The van der Waals surface area contributed by atoms with E-state index < -0.39 is 0 Å². The lowest BCUT2D eigenvalue weighted by Gasteiger charge is -2.06. The fourth-order valence-corrected chi connectivity index (χ4v) is 3.72. The number of carbonyl (C=O) groups is 1. The Labute approximate surface area is 196 Å². The molecule has 5 nitrogen and oxygen atoms in total. The maximum atomic E-state index is 11.8. The number of aromatic nitrogens is 1. The summed E-state index contributed by atoms with van der Waals surface area (Å²) in [6, 6.07) is 20.8. The highest BCUT2D eigenvalue weighted by atomic mass is 16.5. The van der Waals surface area contributed by atoms with E-state index in [0.717, 1.165) is 42.8 Å². The molecule has 3 N–H and O–H groups in total. The first kappa shape index (κ1) is 24.2. The Balaban J connectivity index is 1.67. The van der Waals surface area contributed by atoms with Crippen LogP contribution in [0.5, 0.6) is 5.75 Å². The van der Waals surface area contributed by atoms with Gasteiger partial charge < -0.3 is 15.8 Å². The number of carbonyl (C=O) groups excluding carboxylic acids is 1. The van der Waals surface area contributed by atoms with Gasteiger partial charge in [-0.25, -0.2) is 0 Å². The van der Waals surface area contributed by atoms with Crippen LogP contribution in [0, 0.1) is 0 Å². The molecule has 0 saturated carbocycles. The second-order valence-corrected chi connectivity index (χ2v) is 7.92. The number of amides is 1. The SMILES string of the molecule is C=CCOc1ccc(/C=C/c2ccc3ccccc3[n+]2CCCCCC(=O)NCCN)cc1. The second kappa shape index (κ2) is 13.2. The van der Waals surface area contributed by atoms with Crippen molar-refractivity contribution in [1.82, 2.24) is 5.32 Å². The van der Waals surface area contributed by atoms with Gasteiger partial charge in [0.2, 0.25) is 17.1 Å². The number of unbranched alkanes of at least 4 members (excludes halogenated alkanes) is 2. The minimum absolute atomic E-state index is 0.0859. The Morgan fingerprint density at radius 1 is 1.00 bits per heavy atom. The summed E-state index contributed by atoms with van der Waals surface area (Å²) in [7, 11) is 0. The molecular formula is C28H34N3O2+. The van der Waals surface area contributed by atoms with Crippen molar-refractivity contribution >= 4 is 29.0 Å². The largest absolute Gasteiger partial charge is 0.490 e. The average Bonchev–Trinajstić information content (AvgIpc) is 2.85. The third kappa shape index (κ3) is 7.58. The van der Waals surface area contributed by atoms with Gasteiger partial charge in [0.1, 0.15) is 18.9 Å². The summed E-state index contributed by atoms with van der Waals surface area (Å²) in [4.78, 5) is 11.8. The number of nitrogens with two attached hydrogens (primary N) is 1. The molecule has 0 fully saturated rings. The molecule has 0 aliphatic heterocycles. The van der Waals surface area contributed by atoms with Crippen LogP contribution in [0.2, 0.25) is 0 Å². The van der Waals surface area contributed by atoms with E-state index in [0.29, 0.717) is 26.1 Å². The number of hydrogen-bond acceptors (Lipinski definition) is 3. The Kier molecular flexibility index (Phi) is 9.67. The quantitative estimate of drug-likeness (QED) is 0.232. The molecule has 172 valence electrons. The highest BCUT2D eigenvalue weighted by molar-refractivity contribution is 5.77. The van der Waals surface area contributed by atoms with E-state index in [1.54, 1.807) is 6.08 Å². The molecule has 1 amide bonds. The van der Waals surface area contributed by atoms with E-state index in [2.05, 4.69) is 77.1 Å². The predicted octanol–water partition coefficient (Wildman–Crippen LogP) is 4.50. The smallest absolute Gasteiger partial charge is 0.220 e. The van der Waals surface area contributed by atoms with Crippen molar-refractivity contribution in [3.8, 4) is 5.75 Å². The van der Waals surface area contributed by atoms with Crippen LogP contribution < -0.4 is 20.4 Å². The van der Waals surface area contributed by atoms with Gasteiger partial charge in [-0.15, -0.1) is 0 Å². The number of nitrogens with zero attached hydrogens (tertiary/aromatic N) is 1. The van der Waals surface area contributed by atoms with Gasteiger partial charge in [-0.2, -0.15) is 4.57 Å². The number of para-hydroxylation sites is 1. The Morgan fingerprint density at radius 3 is 2.61 bits per heavy atom. The molecule has 3 rings (SSSR count). The van der Waals surface area contributed by atoms with Gasteiger partial charge in [-0.3, -0.25) is 4.79 Å². The molecule has 2 aromatic carbocycles. The minimum Gasteiger partial charge on any atom is -0.490 e. The molecule has 0 aliphatic carbocycles. The summed E-state index contributed by atoms with van der Waals surface area (Å²) in [5, 5.41) is 4.05. The van der Waals surface area contributed by atoms with Crippen LogP contribution >= 0.6 is 0 Å². The van der Waals surface area contributed by atoms with Crippen molar-refractivity contribution in [2.24, 2.45) is 5.73 Å². The fourth-order valence-electron chi connectivity index (χ4n) is 3.72. The lowest BCUT2D eigenvalue weighted by Crippen LogP contribution is -2.38. The maximum Gasteiger partial charge on any atom is 0.220 e. The monoisotopic (exact) mass is 444 g/mol. The van der Waals surface area contributed by atoms with Crippen molar-refractivity contribution in [3.05, 3.63) is 84.6 Å². The van der Waals surface area contributed by atoms with Gasteiger partial charge >= 0.3 is 0 Å². The molecule has 0 aliphatic rings. The van der Waals surface area contributed by atoms with E-state index in [1.807, 2.05) is 12.1 Å². The molecule has 3 aromatic rings. The molecule has 0 atom stereocenters. The summed E-state index contributed by atoms with van der Waals surface area (Å²) in [6.07, 6.45) is 9.47. The van der Waals surface area contributed by atoms with Gasteiger partial charge in [0.05, 0.1) is 0 Å². The topological polar surface area (TPSA) is 68.2 Å². The zero-order chi connectivity index (χ0) is 23.3. The Bertz CT molecular complexity index is 1070. The van der Waals surface area contributed by atoms with Crippen molar-refractivity contribution in [1.29, 1.82) is 0 Å². The summed E-state index contributed by atoms with van der Waals surface area (Å²) in [5.41, 5.74) is 8.92. The molecule has 0 spiro atoms. The molecule has 0 bridgehead atoms. The van der Waals surface area contributed by atoms with Crippen molar-refractivity contribution < 1.29 is 14.1 Å². The van der Waals surface area contributed by atoms with Gasteiger partial charge in [0, 0.05) is 49.5 Å². The highest BCUT2D eigenvalue weighted by Crippen LogP contribution is 2.16. The highest BCUT2D eigenvalue weighted by Gasteiger charge is 2.13. The zero-order valence-corrected chi connectivity index (χ0v) is 19.2. The van der Waals surface area contributed by atoms with Gasteiger partial charge in [-0.1, -0.05) is 36.9 Å². The second-order valence-electron chi connectivity index (χ2n) is 7.92. The maximum absolute atomic E-state index is 11.8. The molecule has 0 radical (unpaired) electrons. The standard InChI is InChI=1S/C28H33N3O2/c1-2-22-33-26-17-12-23(13-18-26)11-15-25-16-14-24-8-5-6-9-27(24)31(25)21-7-3-4-10-28(32)30-20-19-29/h2,5-6,8-9,11-18H,1,3-4,7,10,19-22,29H2/p+1/b15-11+. The average molecular weight is 445 g/mol. The number of nitrogens with one attached hydrogen (secondary N) is 1. The number of hydrogen-bond donors (Lipinski definition) is 2. The van der Waals surface area contributed by atoms with Crippen molar-refractivity contribution in [3.63, 3.8) is 0 Å². The molecule has 33 heavy (non-hydrogen) atoms. The van der Waals surface area contributed by atoms with Crippen LogP contribution in [0.1, 0.15) is 36.9 Å². The van der Waals surface area contributed by atoms with E-state index in [1.165, 1.54) is 10.9 Å². The summed E-state index contributed by atoms with van der Waals surface area (Å²) >= 11 is 0. The Hall–Kier alpha value is -3.44. The zero-order valence-electron chi connectivity index (χ0n) is 19.2. The number of benzene rings is 2. The van der Waals surface area contributed by atoms with Crippen molar-refractivity contribution in [2.45, 2.75) is 32.2 Å². The third-order valence-electron chi connectivity index (χ3n) is 5.42. The van der Waals surface area contributed by atoms with E-state index in [9.17, 15) is 4.79 Å². The molecule has 1 aromatic heterocycles. The van der Waals surface area contributed by atoms with Crippen LogP contribution in [0.4, 0.5) is 0 Å². The molecule has 5 heteroatoms. The first-order valence-corrected chi connectivity index (χ1v) is 11.6. The van der Waals surface area contributed by atoms with Crippen LogP contribution in [0.15, 0.2) is 73.3 Å². The normalized spacial score (nSPS) is 11.1. The number of ether oxygens (including phenoxy) is 1. The number of pyridine rings is 1. The van der Waals surface area contributed by atoms with E-state index in [-0.39, 0.29) is 5.91 Å². The lowest BCUT2D eigenvalue weighted by atomic mass is 10.1. The summed E-state index contributed by atoms with van der Waals surface area (Å²) < 4.78 is 7.92. The third-order valence-corrected chi connectivity index (χ3v) is 5.42. The van der Waals surface area contributed by atoms with Gasteiger partial charge in [0.25, 0.3) is 0 Å². The number of rotatable bonds is 13. The molecule has 0 saturated heterocycles. The molecule has 0 unspecified atom stereocenters. The minimum atomic E-state index is 0.0859. The molecular weight excluding hydrogens is 410 g/mol. The van der Waals surface area contributed by atoms with Crippen molar-refractivity contribution in [2.75, 3.05) is 19.7 Å². The fraction of sp³-hybridized carbons (Fsp3) is 0.286. The predicted molar refractivity (Wildman–Crippen MR) is 136 cm³/mol. The van der Waals surface area contributed by atoms with Crippen LogP contribution in [-0.4, -0.2) is 25.6 Å². The Morgan fingerprint density at radius 2 is 1.82 bits per heavy atom. The van der Waals surface area contributed by atoms with Crippen LogP contribution in [0.3, 0.4) is 0 Å².